The maximum Gasteiger partial charge on any atom is 0.119 e. The molecule has 0 amide bonds. The van der Waals surface area contributed by atoms with E-state index in [1.165, 1.54) is 37.7 Å². The Labute approximate surface area is 268 Å². The van der Waals surface area contributed by atoms with Crippen molar-refractivity contribution in [1.29, 1.82) is 0 Å². The van der Waals surface area contributed by atoms with Crippen LogP contribution in [-0.2, 0) is 0 Å². The highest BCUT2D eigenvalue weighted by Gasteiger charge is 2.25. The lowest BCUT2D eigenvalue weighted by atomic mass is 9.80. The molecule has 5 aromatic rings. The van der Waals surface area contributed by atoms with Gasteiger partial charge in [0.05, 0.1) is 0 Å². The summed E-state index contributed by atoms with van der Waals surface area (Å²) in [6.45, 7) is 8.00. The molecule has 4 nitrogen and oxygen atoms in total. The molecule has 45 heavy (non-hydrogen) atoms. The molecule has 1 aliphatic carbocycles. The summed E-state index contributed by atoms with van der Waals surface area (Å²) in [7, 11) is 0. The van der Waals surface area contributed by atoms with Gasteiger partial charge in [-0.15, -0.1) is 0 Å². The average molecular weight is 603 g/mol. The minimum Gasteiger partial charge on any atom is -0.508 e. The van der Waals surface area contributed by atoms with Crippen molar-refractivity contribution in [3.05, 3.63) is 131 Å². The van der Waals surface area contributed by atoms with E-state index in [0.29, 0.717) is 17.0 Å². The zero-order valence-corrected chi connectivity index (χ0v) is 26.9. The maximum absolute atomic E-state index is 11.2. The van der Waals surface area contributed by atoms with E-state index in [-0.39, 0.29) is 23.0 Å². The first kappa shape index (κ1) is 33.2. The van der Waals surface area contributed by atoms with Crippen molar-refractivity contribution in [1.82, 2.24) is 0 Å². The van der Waals surface area contributed by atoms with Gasteiger partial charge in [-0.25, -0.2) is 0 Å². The van der Waals surface area contributed by atoms with Gasteiger partial charge in [-0.3, -0.25) is 0 Å². The number of aromatic hydroxyl groups is 4. The first-order valence-electron chi connectivity index (χ1n) is 16.3. The lowest BCUT2D eigenvalue weighted by Crippen LogP contribution is -2.07. The van der Waals surface area contributed by atoms with Crippen LogP contribution < -0.4 is 0 Å². The number of phenolic OH excluding ortho intramolecular Hbond substituents is 4. The van der Waals surface area contributed by atoms with Crippen LogP contribution in [0.3, 0.4) is 0 Å². The third kappa shape index (κ3) is 7.88. The summed E-state index contributed by atoms with van der Waals surface area (Å²) in [4.78, 5) is 0. The first-order chi connectivity index (χ1) is 22.0. The molecule has 0 atom stereocenters. The molecule has 1 fully saturated rings. The SMILES string of the molecule is CC.CC.Oc1ccc(-c2ccc(O)c(C(c3ccc(C4CCCCC4)cc3)c3cc(-c4ccc(O)cc4)ccc3O)c2)cc1. The van der Waals surface area contributed by atoms with Crippen LogP contribution in [0.1, 0.15) is 93.9 Å². The molecule has 6 rings (SSSR count). The second kappa shape index (κ2) is 15.9. The second-order valence-corrected chi connectivity index (χ2v) is 11.1. The van der Waals surface area contributed by atoms with Crippen molar-refractivity contribution in [2.75, 3.05) is 0 Å². The van der Waals surface area contributed by atoms with Crippen LogP contribution in [-0.4, -0.2) is 20.4 Å². The molecule has 4 heteroatoms. The average Bonchev–Trinajstić information content (AvgIpc) is 3.10. The van der Waals surface area contributed by atoms with Gasteiger partial charge in [-0.05, 0) is 101 Å². The van der Waals surface area contributed by atoms with Gasteiger partial charge in [-0.2, -0.15) is 0 Å². The van der Waals surface area contributed by atoms with Gasteiger partial charge in [-0.1, -0.05) is 108 Å². The quantitative estimate of drug-likeness (QED) is 0.146. The zero-order valence-electron chi connectivity index (χ0n) is 26.9. The van der Waals surface area contributed by atoms with Crippen LogP contribution in [0.25, 0.3) is 22.3 Å². The van der Waals surface area contributed by atoms with E-state index in [9.17, 15) is 20.4 Å². The number of rotatable bonds is 6. The van der Waals surface area contributed by atoms with Crippen LogP contribution in [0.15, 0.2) is 109 Å². The van der Waals surface area contributed by atoms with E-state index in [1.54, 1.807) is 36.4 Å². The molecule has 0 aromatic heterocycles. The fraction of sp³-hybridized carbons (Fsp3) is 0.268. The van der Waals surface area contributed by atoms with E-state index < -0.39 is 5.92 Å². The minimum absolute atomic E-state index is 0.142. The fourth-order valence-corrected chi connectivity index (χ4v) is 6.16. The molecule has 0 saturated heterocycles. The Balaban J connectivity index is 0.00000111. The highest BCUT2D eigenvalue weighted by Crippen LogP contribution is 2.44. The Morgan fingerprint density at radius 2 is 0.867 bits per heavy atom. The van der Waals surface area contributed by atoms with Crippen LogP contribution in [0.4, 0.5) is 0 Å². The fourth-order valence-electron chi connectivity index (χ4n) is 6.16. The molecule has 0 aliphatic heterocycles. The van der Waals surface area contributed by atoms with Gasteiger partial charge in [0.2, 0.25) is 0 Å². The van der Waals surface area contributed by atoms with E-state index in [4.69, 9.17) is 0 Å². The monoisotopic (exact) mass is 602 g/mol. The molecule has 234 valence electrons. The lowest BCUT2D eigenvalue weighted by Gasteiger charge is -2.25. The predicted octanol–water partition coefficient (Wildman–Crippen LogP) is 11.1. The van der Waals surface area contributed by atoms with Crippen molar-refractivity contribution in [2.45, 2.75) is 71.6 Å². The van der Waals surface area contributed by atoms with E-state index in [0.717, 1.165) is 27.8 Å². The molecule has 0 spiro atoms. The number of hydrogen-bond donors (Lipinski definition) is 4. The second-order valence-electron chi connectivity index (χ2n) is 11.1. The van der Waals surface area contributed by atoms with E-state index in [1.807, 2.05) is 76.2 Å². The van der Waals surface area contributed by atoms with Gasteiger partial charge >= 0.3 is 0 Å². The van der Waals surface area contributed by atoms with Crippen LogP contribution >= 0.6 is 0 Å². The van der Waals surface area contributed by atoms with Crippen LogP contribution in [0.2, 0.25) is 0 Å². The molecule has 0 heterocycles. The topological polar surface area (TPSA) is 80.9 Å². The Hall–Kier alpha value is -4.70. The van der Waals surface area contributed by atoms with E-state index in [2.05, 4.69) is 24.3 Å². The summed E-state index contributed by atoms with van der Waals surface area (Å²) >= 11 is 0. The third-order valence-corrected chi connectivity index (χ3v) is 8.42. The first-order valence-corrected chi connectivity index (χ1v) is 16.3. The molecule has 1 aliphatic rings. The highest BCUT2D eigenvalue weighted by molar-refractivity contribution is 5.71. The smallest absolute Gasteiger partial charge is 0.119 e. The summed E-state index contributed by atoms with van der Waals surface area (Å²) in [6, 6.07) is 33.7. The van der Waals surface area contributed by atoms with Crippen molar-refractivity contribution < 1.29 is 20.4 Å². The van der Waals surface area contributed by atoms with Gasteiger partial charge < -0.3 is 20.4 Å². The third-order valence-electron chi connectivity index (χ3n) is 8.42. The summed E-state index contributed by atoms with van der Waals surface area (Å²) in [6.07, 6.45) is 6.28. The molecule has 4 N–H and O–H groups in total. The van der Waals surface area contributed by atoms with Crippen LogP contribution in [0, 0.1) is 0 Å². The number of benzene rings is 5. The van der Waals surface area contributed by atoms with Gasteiger partial charge in [0.1, 0.15) is 23.0 Å². The summed E-state index contributed by atoms with van der Waals surface area (Å²) in [5.74, 6) is 0.809. The van der Waals surface area contributed by atoms with Crippen molar-refractivity contribution in [2.24, 2.45) is 0 Å². The highest BCUT2D eigenvalue weighted by atomic mass is 16.3. The summed E-state index contributed by atoms with van der Waals surface area (Å²) in [5.41, 5.74) is 7.30. The van der Waals surface area contributed by atoms with Gasteiger partial charge in [0.15, 0.2) is 0 Å². The molecular weight excluding hydrogens is 556 g/mol. The molecule has 1 saturated carbocycles. The van der Waals surface area contributed by atoms with Crippen LogP contribution in [0.5, 0.6) is 23.0 Å². The standard InChI is InChI=1S/C37H34O4.2C2H6/c38-31-16-10-26(11-17-31)29-14-20-35(40)33(22-29)37(28-8-6-25(7-9-28)24-4-2-1-3-5-24)34-23-30(15-21-36(34)41)27-12-18-32(39)19-13-27;2*1-2/h6-24,37-41H,1-5H2;2*1-2H3. The molecule has 0 unspecified atom stereocenters. The summed E-state index contributed by atoms with van der Waals surface area (Å²) in [5, 5.41) is 42.0. The van der Waals surface area contributed by atoms with E-state index >= 15 is 0 Å². The predicted molar refractivity (Wildman–Crippen MR) is 186 cm³/mol. The number of phenols is 4. The Morgan fingerprint density at radius 1 is 0.467 bits per heavy atom. The van der Waals surface area contributed by atoms with Crippen molar-refractivity contribution >= 4 is 0 Å². The minimum atomic E-state index is -0.440. The van der Waals surface area contributed by atoms with Crippen molar-refractivity contribution in [3.8, 4) is 45.3 Å². The molecule has 0 bridgehead atoms. The normalized spacial score (nSPS) is 12.9. The zero-order chi connectivity index (χ0) is 32.3. The molecule has 0 radical (unpaired) electrons. The Kier molecular flexibility index (Phi) is 11.7. The summed E-state index contributed by atoms with van der Waals surface area (Å²) < 4.78 is 0. The Bertz CT molecular complexity index is 1540. The largest absolute Gasteiger partial charge is 0.508 e. The van der Waals surface area contributed by atoms with Gasteiger partial charge in [0, 0.05) is 17.0 Å². The Morgan fingerprint density at radius 3 is 1.29 bits per heavy atom. The molecular formula is C41H46O4. The lowest BCUT2D eigenvalue weighted by molar-refractivity contribution is 0.443. The van der Waals surface area contributed by atoms with Gasteiger partial charge in [0.25, 0.3) is 0 Å². The number of hydrogen-bond acceptors (Lipinski definition) is 4. The molecule has 5 aromatic carbocycles. The van der Waals surface area contributed by atoms with Crippen molar-refractivity contribution in [3.63, 3.8) is 0 Å². The maximum atomic E-state index is 11.2.